The lowest BCUT2D eigenvalue weighted by molar-refractivity contribution is -0.141. The van der Waals surface area contributed by atoms with Crippen molar-refractivity contribution < 1.29 is 36.0 Å². The normalized spacial score (nSPS) is 14.8. The van der Waals surface area contributed by atoms with E-state index in [9.17, 15) is 31.5 Å². The predicted octanol–water partition coefficient (Wildman–Crippen LogP) is 7.20. The summed E-state index contributed by atoms with van der Waals surface area (Å²) in [6, 6.07) is 15.9. The number of pyridine rings is 1. The number of nitrogens with one attached hydrogen (secondary N) is 2. The molecule has 2 fully saturated rings. The third-order valence-electron chi connectivity index (χ3n) is 8.14. The molecule has 4 aromatic rings. The molecule has 2 aliphatic heterocycles. The minimum absolute atomic E-state index is 0.0772. The summed E-state index contributed by atoms with van der Waals surface area (Å²) in [6.45, 7) is 8.13. The topological polar surface area (TPSA) is 107 Å². The molecule has 10 nitrogen and oxygen atoms in total. The number of piperazine rings is 1. The van der Waals surface area contributed by atoms with Crippen LogP contribution >= 0.6 is 0 Å². The van der Waals surface area contributed by atoms with E-state index in [1.807, 2.05) is 11.8 Å². The fourth-order valence-electron chi connectivity index (χ4n) is 5.53. The summed E-state index contributed by atoms with van der Waals surface area (Å²) in [5.41, 5.74) is -0.114. The molecule has 6 rings (SSSR count). The van der Waals surface area contributed by atoms with Gasteiger partial charge in [-0.05, 0) is 61.6 Å². The van der Waals surface area contributed by atoms with Crippen LogP contribution in [0, 0.1) is 11.6 Å². The molecule has 2 aromatic heterocycles. The molecule has 4 heterocycles. The van der Waals surface area contributed by atoms with Gasteiger partial charge in [-0.2, -0.15) is 18.2 Å². The van der Waals surface area contributed by atoms with Gasteiger partial charge in [0.25, 0.3) is 11.9 Å². The first-order valence-corrected chi connectivity index (χ1v) is 16.3. The van der Waals surface area contributed by atoms with Crippen LogP contribution in [0.3, 0.4) is 0 Å². The number of oxazole rings is 1. The number of amides is 2. The van der Waals surface area contributed by atoms with E-state index < -0.39 is 23.5 Å². The molecule has 272 valence electrons. The number of allylic oxidation sites excluding steroid dienone is 1. The third-order valence-corrected chi connectivity index (χ3v) is 8.14. The Morgan fingerprint density at radius 1 is 0.922 bits per heavy atom. The summed E-state index contributed by atoms with van der Waals surface area (Å²) in [7, 11) is 1.69. The van der Waals surface area contributed by atoms with E-state index in [0.29, 0.717) is 69.2 Å². The molecular formula is C36H40F5N7O3. The molecular weight excluding hydrogens is 673 g/mol. The van der Waals surface area contributed by atoms with E-state index in [-0.39, 0.29) is 29.3 Å². The fraction of sp³-hybridized carbons (Fsp3) is 0.333. The third kappa shape index (κ3) is 10.3. The summed E-state index contributed by atoms with van der Waals surface area (Å²) in [4.78, 5) is 36.8. The van der Waals surface area contributed by atoms with Gasteiger partial charge in [-0.1, -0.05) is 36.4 Å². The van der Waals surface area contributed by atoms with Gasteiger partial charge in [-0.3, -0.25) is 9.59 Å². The van der Waals surface area contributed by atoms with Crippen molar-refractivity contribution in [2.75, 3.05) is 66.7 Å². The Kier molecular flexibility index (Phi) is 13.5. The van der Waals surface area contributed by atoms with Crippen molar-refractivity contribution in [3.63, 3.8) is 0 Å². The molecule has 2 aliphatic rings. The van der Waals surface area contributed by atoms with Crippen molar-refractivity contribution in [3.8, 4) is 0 Å². The highest BCUT2D eigenvalue weighted by atomic mass is 19.4. The maximum atomic E-state index is 14.2. The molecule has 0 atom stereocenters. The number of alkyl halides is 3. The quantitative estimate of drug-likeness (QED) is 0.118. The lowest BCUT2D eigenvalue weighted by Gasteiger charge is -2.33. The summed E-state index contributed by atoms with van der Waals surface area (Å²) in [6.07, 6.45) is -0.0345. The second-order valence-electron chi connectivity index (χ2n) is 11.6. The zero-order chi connectivity index (χ0) is 37.0. The van der Waals surface area contributed by atoms with Crippen LogP contribution in [-0.2, 0) is 11.0 Å². The van der Waals surface area contributed by atoms with Crippen molar-refractivity contribution in [1.29, 1.82) is 0 Å². The summed E-state index contributed by atoms with van der Waals surface area (Å²) in [5, 5.41) is 5.12. The van der Waals surface area contributed by atoms with Crippen molar-refractivity contribution in [1.82, 2.24) is 14.9 Å². The maximum Gasteiger partial charge on any atom is 0.437 e. The van der Waals surface area contributed by atoms with Gasteiger partial charge in [-0.25, -0.2) is 13.8 Å². The van der Waals surface area contributed by atoms with Crippen molar-refractivity contribution in [2.24, 2.45) is 0 Å². The average molecular weight is 714 g/mol. The number of para-hydroxylation sites is 1. The number of rotatable bonds is 7. The average Bonchev–Trinajstić information content (AvgIpc) is 3.60. The molecule has 2 amide bonds. The molecule has 2 aromatic carbocycles. The second-order valence-corrected chi connectivity index (χ2v) is 11.6. The lowest BCUT2D eigenvalue weighted by atomic mass is 9.89. The number of hydrogen-bond acceptors (Lipinski definition) is 8. The van der Waals surface area contributed by atoms with Gasteiger partial charge in [0.2, 0.25) is 12.2 Å². The number of benzene rings is 2. The van der Waals surface area contributed by atoms with E-state index in [0.717, 1.165) is 6.41 Å². The van der Waals surface area contributed by atoms with Gasteiger partial charge in [0.05, 0.1) is 17.6 Å². The SMILES string of the molecule is C=CC.CNc1ccccc1F.O=CN1CCN(c2ccc(NC(=O)c3oc(N4CCC(c5ccccc5F)CC4)nc3C(F)(F)F)cn2)CC1. The minimum atomic E-state index is -4.91. The molecule has 2 N–H and O–H groups in total. The van der Waals surface area contributed by atoms with Gasteiger partial charge in [0, 0.05) is 46.3 Å². The molecule has 15 heteroatoms. The molecule has 0 spiro atoms. The summed E-state index contributed by atoms with van der Waals surface area (Å²) >= 11 is 0. The Morgan fingerprint density at radius 2 is 1.55 bits per heavy atom. The zero-order valence-electron chi connectivity index (χ0n) is 28.3. The smallest absolute Gasteiger partial charge is 0.417 e. The number of carbonyl (C=O) groups excluding carboxylic acids is 2. The Hall–Kier alpha value is -5.47. The van der Waals surface area contributed by atoms with Crippen molar-refractivity contribution >= 4 is 35.5 Å². The molecule has 0 saturated carbocycles. The summed E-state index contributed by atoms with van der Waals surface area (Å²) in [5.74, 6) is -2.02. The van der Waals surface area contributed by atoms with Gasteiger partial charge in [0.1, 0.15) is 17.5 Å². The maximum absolute atomic E-state index is 14.2. The number of hydrogen-bond donors (Lipinski definition) is 2. The van der Waals surface area contributed by atoms with E-state index in [1.54, 1.807) is 60.5 Å². The number of halogens is 5. The van der Waals surface area contributed by atoms with Crippen LogP contribution in [0.2, 0.25) is 0 Å². The van der Waals surface area contributed by atoms with Crippen LogP contribution in [-0.4, -0.2) is 73.5 Å². The van der Waals surface area contributed by atoms with Crippen LogP contribution in [0.1, 0.15) is 47.5 Å². The van der Waals surface area contributed by atoms with Gasteiger partial charge < -0.3 is 29.8 Å². The number of piperidine rings is 1. The Bertz CT molecular complexity index is 1730. The molecule has 0 unspecified atom stereocenters. The number of carbonyl (C=O) groups is 2. The van der Waals surface area contributed by atoms with Gasteiger partial charge in [-0.15, -0.1) is 6.58 Å². The lowest BCUT2D eigenvalue weighted by Crippen LogP contribution is -2.46. The predicted molar refractivity (Wildman–Crippen MR) is 186 cm³/mol. The zero-order valence-corrected chi connectivity index (χ0v) is 28.3. The van der Waals surface area contributed by atoms with E-state index in [1.165, 1.54) is 29.3 Å². The first kappa shape index (κ1) is 38.3. The van der Waals surface area contributed by atoms with Crippen molar-refractivity contribution in [3.05, 3.63) is 108 Å². The minimum Gasteiger partial charge on any atom is -0.417 e. The van der Waals surface area contributed by atoms with Crippen molar-refractivity contribution in [2.45, 2.75) is 31.9 Å². The standard InChI is InChI=1S/C26H26F4N6O3.C7H8FN.C3H6/c27-20-4-2-1-3-19(20)17-7-9-36(10-8-17)25-33-23(26(28,29)30)22(39-25)24(38)32-18-5-6-21(31-15-18)35-13-11-34(16-37)12-14-35;1-9-7-5-3-2-4-6(7)8;1-3-2/h1-6,15-17H,7-14H2,(H,32,38);2-5,9H,1H3;3H,1H2,2H3. The second kappa shape index (κ2) is 18.0. The number of nitrogens with zero attached hydrogens (tertiary/aromatic N) is 5. The van der Waals surface area contributed by atoms with E-state index >= 15 is 0 Å². The molecule has 2 saturated heterocycles. The molecule has 0 bridgehead atoms. The Balaban J connectivity index is 0.000000415. The number of anilines is 4. The van der Waals surface area contributed by atoms with Crippen LogP contribution < -0.4 is 20.4 Å². The first-order chi connectivity index (χ1) is 24.5. The Morgan fingerprint density at radius 3 is 2.08 bits per heavy atom. The highest BCUT2D eigenvalue weighted by Crippen LogP contribution is 2.37. The Labute approximate surface area is 293 Å². The molecule has 51 heavy (non-hydrogen) atoms. The molecule has 0 radical (unpaired) electrons. The van der Waals surface area contributed by atoms with Gasteiger partial charge >= 0.3 is 6.18 Å². The van der Waals surface area contributed by atoms with Crippen LogP contribution in [0.4, 0.5) is 45.2 Å². The van der Waals surface area contributed by atoms with Crippen LogP contribution in [0.25, 0.3) is 0 Å². The largest absolute Gasteiger partial charge is 0.437 e. The van der Waals surface area contributed by atoms with E-state index in [4.69, 9.17) is 4.42 Å². The highest BCUT2D eigenvalue weighted by molar-refractivity contribution is 6.03. The monoisotopic (exact) mass is 713 g/mol. The number of aromatic nitrogens is 2. The van der Waals surface area contributed by atoms with Crippen LogP contribution in [0.5, 0.6) is 0 Å². The van der Waals surface area contributed by atoms with E-state index in [2.05, 4.69) is 27.2 Å². The molecule has 0 aliphatic carbocycles. The fourth-order valence-corrected chi connectivity index (χ4v) is 5.53. The van der Waals surface area contributed by atoms with Gasteiger partial charge in [0.15, 0.2) is 5.69 Å². The summed E-state index contributed by atoms with van der Waals surface area (Å²) < 4.78 is 73.3. The highest BCUT2D eigenvalue weighted by Gasteiger charge is 2.42. The first-order valence-electron chi connectivity index (χ1n) is 16.3. The van der Waals surface area contributed by atoms with Crippen LogP contribution in [0.15, 0.2) is 83.9 Å².